The Morgan fingerprint density at radius 2 is 2.00 bits per heavy atom. The lowest BCUT2D eigenvalue weighted by atomic mass is 9.98. The van der Waals surface area contributed by atoms with Crippen LogP contribution in [0.3, 0.4) is 0 Å². The van der Waals surface area contributed by atoms with Crippen molar-refractivity contribution in [3.05, 3.63) is 34.9 Å². The summed E-state index contributed by atoms with van der Waals surface area (Å²) < 4.78 is 0. The molecule has 1 atom stereocenters. The van der Waals surface area contributed by atoms with E-state index in [4.69, 9.17) is 0 Å². The van der Waals surface area contributed by atoms with Crippen LogP contribution in [-0.2, 0) is 4.79 Å². The molecule has 3 nitrogen and oxygen atoms in total. The maximum atomic E-state index is 12.8. The van der Waals surface area contributed by atoms with Gasteiger partial charge in [-0.05, 0) is 44.7 Å². The second kappa shape index (κ2) is 4.88. The van der Waals surface area contributed by atoms with Crippen molar-refractivity contribution in [2.45, 2.75) is 58.2 Å². The first-order valence-electron chi connectivity index (χ1n) is 7.73. The van der Waals surface area contributed by atoms with Crippen molar-refractivity contribution in [2.24, 2.45) is 0 Å². The van der Waals surface area contributed by atoms with Crippen LogP contribution in [-0.4, -0.2) is 22.9 Å². The van der Waals surface area contributed by atoms with Gasteiger partial charge in [0.05, 0.1) is 5.54 Å². The average molecular weight is 272 g/mol. The Morgan fingerprint density at radius 3 is 2.65 bits per heavy atom. The third-order valence-electron chi connectivity index (χ3n) is 4.92. The van der Waals surface area contributed by atoms with Crippen molar-refractivity contribution in [1.82, 2.24) is 10.2 Å². The van der Waals surface area contributed by atoms with Crippen LogP contribution in [0.4, 0.5) is 0 Å². The molecule has 1 N–H and O–H groups in total. The van der Waals surface area contributed by atoms with Gasteiger partial charge >= 0.3 is 0 Å². The Balaban J connectivity index is 2.00. The molecule has 1 aliphatic carbocycles. The summed E-state index contributed by atoms with van der Waals surface area (Å²) in [6.07, 6.45) is 4.35. The molecule has 1 saturated carbocycles. The van der Waals surface area contributed by atoms with Crippen LogP contribution in [0.15, 0.2) is 18.2 Å². The molecular formula is C17H24N2O. The zero-order valence-electron chi connectivity index (χ0n) is 12.7. The summed E-state index contributed by atoms with van der Waals surface area (Å²) >= 11 is 0. The number of likely N-dealkylation sites (N-methyl/N-ethyl adjacent to an activating group) is 1. The molecule has 0 bridgehead atoms. The molecule has 3 rings (SSSR count). The van der Waals surface area contributed by atoms with E-state index in [-0.39, 0.29) is 11.7 Å². The highest BCUT2D eigenvalue weighted by Gasteiger charge is 2.52. The summed E-state index contributed by atoms with van der Waals surface area (Å²) in [5.74, 6) is 0.309. The highest BCUT2D eigenvalue weighted by molar-refractivity contribution is 5.89. The van der Waals surface area contributed by atoms with Gasteiger partial charge in [-0.2, -0.15) is 0 Å². The third kappa shape index (κ3) is 1.96. The van der Waals surface area contributed by atoms with Gasteiger partial charge in [-0.25, -0.2) is 0 Å². The molecule has 3 heteroatoms. The molecule has 1 spiro atoms. The Labute approximate surface area is 121 Å². The number of benzene rings is 1. The van der Waals surface area contributed by atoms with Gasteiger partial charge < -0.3 is 4.90 Å². The summed E-state index contributed by atoms with van der Waals surface area (Å²) in [7, 11) is 0. The fourth-order valence-corrected chi connectivity index (χ4v) is 3.76. The predicted octanol–water partition coefficient (Wildman–Crippen LogP) is 3.07. The number of amides is 1. The first-order chi connectivity index (χ1) is 9.57. The molecule has 0 radical (unpaired) electrons. The first-order valence-corrected chi connectivity index (χ1v) is 7.73. The summed E-state index contributed by atoms with van der Waals surface area (Å²) in [6, 6.07) is 6.51. The maximum Gasteiger partial charge on any atom is 0.244 e. The zero-order chi connectivity index (χ0) is 14.3. The van der Waals surface area contributed by atoms with E-state index in [2.05, 4.69) is 44.3 Å². The molecule has 1 heterocycles. The van der Waals surface area contributed by atoms with Gasteiger partial charge in [-0.3, -0.25) is 10.1 Å². The van der Waals surface area contributed by atoms with E-state index in [9.17, 15) is 4.79 Å². The molecule has 1 saturated heterocycles. The van der Waals surface area contributed by atoms with Crippen molar-refractivity contribution >= 4 is 5.91 Å². The molecule has 1 aromatic carbocycles. The minimum Gasteiger partial charge on any atom is -0.322 e. The van der Waals surface area contributed by atoms with Crippen LogP contribution >= 0.6 is 0 Å². The van der Waals surface area contributed by atoms with Crippen molar-refractivity contribution in [3.63, 3.8) is 0 Å². The highest BCUT2D eigenvalue weighted by atomic mass is 16.2. The lowest BCUT2D eigenvalue weighted by Gasteiger charge is -2.24. The van der Waals surface area contributed by atoms with Crippen LogP contribution in [0.5, 0.6) is 0 Å². The van der Waals surface area contributed by atoms with Gasteiger partial charge in [0.25, 0.3) is 0 Å². The summed E-state index contributed by atoms with van der Waals surface area (Å²) in [6.45, 7) is 7.09. The number of hydrogen-bond acceptors (Lipinski definition) is 2. The number of nitrogens with one attached hydrogen (secondary N) is 1. The van der Waals surface area contributed by atoms with Crippen LogP contribution in [0.2, 0.25) is 0 Å². The second-order valence-electron chi connectivity index (χ2n) is 6.29. The SMILES string of the molecule is CCN1C(=O)C2(CCCC2)NC1c1cc(C)ccc1C. The molecule has 1 aliphatic heterocycles. The Morgan fingerprint density at radius 1 is 1.30 bits per heavy atom. The van der Waals surface area contributed by atoms with Crippen LogP contribution < -0.4 is 5.32 Å². The predicted molar refractivity (Wildman–Crippen MR) is 80.4 cm³/mol. The number of nitrogens with zero attached hydrogens (tertiary/aromatic N) is 1. The van der Waals surface area contributed by atoms with Crippen LogP contribution in [0.1, 0.15) is 55.5 Å². The topological polar surface area (TPSA) is 32.3 Å². The van der Waals surface area contributed by atoms with Crippen molar-refractivity contribution < 1.29 is 4.79 Å². The quantitative estimate of drug-likeness (QED) is 0.897. The van der Waals surface area contributed by atoms with Gasteiger partial charge in [0.15, 0.2) is 0 Å². The summed E-state index contributed by atoms with van der Waals surface area (Å²) in [5.41, 5.74) is 3.48. The van der Waals surface area contributed by atoms with E-state index >= 15 is 0 Å². The highest BCUT2D eigenvalue weighted by Crippen LogP contribution is 2.41. The fourth-order valence-electron chi connectivity index (χ4n) is 3.76. The number of carbonyl (C=O) groups is 1. The molecule has 0 aromatic heterocycles. The van der Waals surface area contributed by atoms with E-state index in [1.165, 1.54) is 16.7 Å². The lowest BCUT2D eigenvalue weighted by molar-refractivity contribution is -0.133. The maximum absolute atomic E-state index is 12.8. The van der Waals surface area contributed by atoms with E-state index in [1.54, 1.807) is 0 Å². The van der Waals surface area contributed by atoms with Gasteiger partial charge in [-0.1, -0.05) is 36.6 Å². The van der Waals surface area contributed by atoms with E-state index in [0.717, 1.165) is 32.2 Å². The minimum absolute atomic E-state index is 0.0468. The minimum atomic E-state index is -0.281. The fraction of sp³-hybridized carbons (Fsp3) is 0.588. The van der Waals surface area contributed by atoms with Gasteiger partial charge in [0.1, 0.15) is 6.17 Å². The largest absolute Gasteiger partial charge is 0.322 e. The van der Waals surface area contributed by atoms with Gasteiger partial charge in [0.2, 0.25) is 5.91 Å². The number of aryl methyl sites for hydroxylation is 2. The molecule has 20 heavy (non-hydrogen) atoms. The number of carbonyl (C=O) groups excluding carboxylic acids is 1. The van der Waals surface area contributed by atoms with Gasteiger partial charge in [0, 0.05) is 6.54 Å². The summed E-state index contributed by atoms with van der Waals surface area (Å²) in [5, 5.41) is 3.68. The first kappa shape index (κ1) is 13.6. The van der Waals surface area contributed by atoms with Gasteiger partial charge in [-0.15, -0.1) is 0 Å². The lowest BCUT2D eigenvalue weighted by Crippen LogP contribution is -2.44. The average Bonchev–Trinajstić information content (AvgIpc) is 3.00. The van der Waals surface area contributed by atoms with Crippen molar-refractivity contribution in [2.75, 3.05) is 6.54 Å². The van der Waals surface area contributed by atoms with Crippen LogP contribution in [0, 0.1) is 13.8 Å². The summed E-state index contributed by atoms with van der Waals surface area (Å²) in [4.78, 5) is 14.8. The molecule has 1 unspecified atom stereocenters. The van der Waals surface area contributed by atoms with E-state index < -0.39 is 0 Å². The molecule has 108 valence electrons. The smallest absolute Gasteiger partial charge is 0.244 e. The standard InChI is InChI=1S/C17H24N2O/c1-4-19-15(14-11-12(2)7-8-13(14)3)18-17(16(19)20)9-5-6-10-17/h7-8,11,15,18H,4-6,9-10H2,1-3H3. The van der Waals surface area contributed by atoms with E-state index in [1.807, 2.05) is 4.90 Å². The molecular weight excluding hydrogens is 248 g/mol. The molecule has 2 fully saturated rings. The van der Waals surface area contributed by atoms with Crippen molar-refractivity contribution in [3.8, 4) is 0 Å². The van der Waals surface area contributed by atoms with Crippen LogP contribution in [0.25, 0.3) is 0 Å². The monoisotopic (exact) mass is 272 g/mol. The molecule has 1 amide bonds. The molecule has 2 aliphatic rings. The molecule has 1 aromatic rings. The Hall–Kier alpha value is -1.35. The Kier molecular flexibility index (Phi) is 3.33. The Bertz CT molecular complexity index is 532. The van der Waals surface area contributed by atoms with Crippen molar-refractivity contribution in [1.29, 1.82) is 0 Å². The number of rotatable bonds is 2. The zero-order valence-corrected chi connectivity index (χ0v) is 12.7. The van der Waals surface area contributed by atoms with E-state index in [0.29, 0.717) is 5.91 Å². The third-order valence-corrected chi connectivity index (χ3v) is 4.92. The normalized spacial score (nSPS) is 24.9. The number of hydrogen-bond donors (Lipinski definition) is 1. The second-order valence-corrected chi connectivity index (χ2v) is 6.29.